The molecular weight excluding hydrogens is 273 g/mol. The zero-order chi connectivity index (χ0) is 8.44. The zero-order valence-electron chi connectivity index (χ0n) is 8.30. The van der Waals surface area contributed by atoms with Gasteiger partial charge in [0.1, 0.15) is 19.8 Å². The van der Waals surface area contributed by atoms with Crippen molar-refractivity contribution in [2.75, 3.05) is 13.6 Å². The highest BCUT2D eigenvalue weighted by molar-refractivity contribution is 5.62. The van der Waals surface area contributed by atoms with Crippen molar-refractivity contribution in [2.24, 2.45) is 5.41 Å². The van der Waals surface area contributed by atoms with E-state index in [0.717, 1.165) is 0 Å². The average molecular weight is 291 g/mol. The molecule has 1 nitrogen and oxygen atoms in total. The van der Waals surface area contributed by atoms with Crippen LogP contribution in [0, 0.1) is 5.41 Å². The highest BCUT2D eigenvalue weighted by Gasteiger charge is 2.34. The molecule has 13 heavy (non-hydrogen) atoms. The molecule has 0 N–H and O–H groups in total. The summed E-state index contributed by atoms with van der Waals surface area (Å²) < 4.78 is 2.38. The summed E-state index contributed by atoms with van der Waals surface area (Å²) in [4.78, 5) is 0. The molecule has 1 atom stereocenters. The van der Waals surface area contributed by atoms with E-state index < -0.39 is 0 Å². The van der Waals surface area contributed by atoms with Crippen molar-refractivity contribution in [3.05, 3.63) is 12.2 Å². The summed E-state index contributed by atoms with van der Waals surface area (Å²) in [6.07, 6.45) is 13.9. The van der Waals surface area contributed by atoms with Crippen molar-refractivity contribution in [1.29, 1.82) is 0 Å². The fourth-order valence-corrected chi connectivity index (χ4v) is 2.53. The molecule has 0 saturated carbocycles. The minimum absolute atomic E-state index is 0. The third-order valence-corrected chi connectivity index (χ3v) is 3.18. The van der Waals surface area contributed by atoms with E-state index >= 15 is 0 Å². The Bertz CT molecular complexity index is 232. The molecule has 0 amide bonds. The fraction of sp³-hybridized carbons (Fsp3) is 0.727. The van der Waals surface area contributed by atoms with Gasteiger partial charge in [-0.2, -0.15) is 0 Å². The van der Waals surface area contributed by atoms with Crippen LogP contribution in [-0.4, -0.2) is 24.4 Å². The quantitative estimate of drug-likeness (QED) is 0.313. The SMILES string of the molecule is C[N+]1=CC2(CC=CCC2)CCC1.[I-]. The third-order valence-electron chi connectivity index (χ3n) is 3.18. The first kappa shape index (κ1) is 11.2. The van der Waals surface area contributed by atoms with Gasteiger partial charge in [0.05, 0.1) is 5.41 Å². The molecule has 0 fully saturated rings. The van der Waals surface area contributed by atoms with Crippen LogP contribution in [0.5, 0.6) is 0 Å². The molecule has 0 aromatic heterocycles. The monoisotopic (exact) mass is 291 g/mol. The van der Waals surface area contributed by atoms with Gasteiger partial charge in [-0.05, 0) is 25.7 Å². The standard InChI is InChI=1S/C11H18N.HI/c1-12-9-5-8-11(10-12)6-3-2-4-7-11;/h2-3,10H,4-9H2,1H3;1H/q+1;/p-1. The van der Waals surface area contributed by atoms with Gasteiger partial charge >= 0.3 is 0 Å². The van der Waals surface area contributed by atoms with Crippen LogP contribution in [0.2, 0.25) is 0 Å². The smallest absolute Gasteiger partial charge is 0.145 e. The predicted octanol–water partition coefficient (Wildman–Crippen LogP) is -0.776. The van der Waals surface area contributed by atoms with Crippen molar-refractivity contribution in [1.82, 2.24) is 0 Å². The molecule has 1 heterocycles. The summed E-state index contributed by atoms with van der Waals surface area (Å²) in [7, 11) is 2.21. The van der Waals surface area contributed by atoms with E-state index in [-0.39, 0.29) is 24.0 Å². The van der Waals surface area contributed by atoms with Crippen LogP contribution in [0.25, 0.3) is 0 Å². The number of nitrogens with zero attached hydrogens (tertiary/aromatic N) is 1. The lowest BCUT2D eigenvalue weighted by atomic mass is 9.73. The molecular formula is C11H18IN. The second-order valence-electron chi connectivity index (χ2n) is 4.29. The Hall–Kier alpha value is 0.140. The Labute approximate surface area is 97.9 Å². The number of halogens is 1. The molecule has 0 saturated heterocycles. The summed E-state index contributed by atoms with van der Waals surface area (Å²) in [5.74, 6) is 0. The first-order valence-corrected chi connectivity index (χ1v) is 5.02. The van der Waals surface area contributed by atoms with Gasteiger partial charge < -0.3 is 24.0 Å². The lowest BCUT2D eigenvalue weighted by Gasteiger charge is -2.31. The van der Waals surface area contributed by atoms with Crippen molar-refractivity contribution in [3.63, 3.8) is 0 Å². The molecule has 1 unspecified atom stereocenters. The largest absolute Gasteiger partial charge is 1.00 e. The average Bonchev–Trinajstić information content (AvgIpc) is 2.05. The lowest BCUT2D eigenvalue weighted by Crippen LogP contribution is -3.00. The van der Waals surface area contributed by atoms with Gasteiger partial charge in [0, 0.05) is 6.42 Å². The van der Waals surface area contributed by atoms with Crippen LogP contribution in [-0.2, 0) is 0 Å². The number of allylic oxidation sites excluding steroid dienone is 2. The normalized spacial score (nSPS) is 32.5. The number of rotatable bonds is 0. The van der Waals surface area contributed by atoms with Crippen LogP contribution in [0.3, 0.4) is 0 Å². The maximum atomic E-state index is 2.47. The summed E-state index contributed by atoms with van der Waals surface area (Å²) in [5.41, 5.74) is 0.543. The second-order valence-corrected chi connectivity index (χ2v) is 4.29. The van der Waals surface area contributed by atoms with Crippen LogP contribution < -0.4 is 24.0 Å². The van der Waals surface area contributed by atoms with Crippen LogP contribution in [0.15, 0.2) is 12.2 Å². The molecule has 74 valence electrons. The van der Waals surface area contributed by atoms with E-state index in [9.17, 15) is 0 Å². The van der Waals surface area contributed by atoms with Crippen molar-refractivity contribution < 1.29 is 28.6 Å². The summed E-state index contributed by atoms with van der Waals surface area (Å²) in [6.45, 7) is 1.26. The van der Waals surface area contributed by atoms with Gasteiger partial charge in [0.15, 0.2) is 0 Å². The molecule has 1 spiro atoms. The Morgan fingerprint density at radius 3 is 2.69 bits per heavy atom. The molecule has 2 aliphatic rings. The Kier molecular flexibility index (Phi) is 3.95. The topological polar surface area (TPSA) is 3.01 Å². The highest BCUT2D eigenvalue weighted by atomic mass is 127. The van der Waals surface area contributed by atoms with Crippen LogP contribution in [0.4, 0.5) is 0 Å². The van der Waals surface area contributed by atoms with E-state index in [1.54, 1.807) is 0 Å². The predicted molar refractivity (Wildman–Crippen MR) is 51.8 cm³/mol. The van der Waals surface area contributed by atoms with Gasteiger partial charge in [-0.15, -0.1) is 0 Å². The minimum Gasteiger partial charge on any atom is -1.00 e. The molecule has 1 aliphatic carbocycles. The van der Waals surface area contributed by atoms with E-state index in [0.29, 0.717) is 5.41 Å². The minimum atomic E-state index is 0. The molecule has 2 rings (SSSR count). The van der Waals surface area contributed by atoms with Crippen molar-refractivity contribution >= 4 is 6.21 Å². The van der Waals surface area contributed by atoms with Crippen molar-refractivity contribution in [2.45, 2.75) is 32.1 Å². The fourth-order valence-electron chi connectivity index (χ4n) is 2.53. The lowest BCUT2D eigenvalue weighted by molar-refractivity contribution is -0.502. The van der Waals surface area contributed by atoms with Gasteiger partial charge in [-0.3, -0.25) is 0 Å². The van der Waals surface area contributed by atoms with Gasteiger partial charge in [0.2, 0.25) is 0 Å². The Morgan fingerprint density at radius 2 is 2.08 bits per heavy atom. The maximum Gasteiger partial charge on any atom is 0.145 e. The van der Waals surface area contributed by atoms with E-state index in [1.807, 2.05) is 0 Å². The van der Waals surface area contributed by atoms with Crippen molar-refractivity contribution in [3.8, 4) is 0 Å². The van der Waals surface area contributed by atoms with Crippen LogP contribution in [0.1, 0.15) is 32.1 Å². The number of hydrogen-bond donors (Lipinski definition) is 0. The summed E-state index contributed by atoms with van der Waals surface area (Å²) in [5, 5.41) is 0. The third kappa shape index (κ3) is 2.55. The Balaban J connectivity index is 0.000000845. The molecule has 0 radical (unpaired) electrons. The highest BCUT2D eigenvalue weighted by Crippen LogP contribution is 2.36. The molecule has 0 aromatic carbocycles. The van der Waals surface area contributed by atoms with Gasteiger partial charge in [-0.1, -0.05) is 12.2 Å². The maximum absolute atomic E-state index is 2.47. The molecule has 0 aromatic rings. The molecule has 2 heteroatoms. The Morgan fingerprint density at radius 1 is 1.23 bits per heavy atom. The second kappa shape index (κ2) is 4.58. The van der Waals surface area contributed by atoms with Crippen LogP contribution >= 0.6 is 0 Å². The number of hydrogen-bond acceptors (Lipinski definition) is 0. The van der Waals surface area contributed by atoms with E-state index in [4.69, 9.17) is 0 Å². The molecule has 0 bridgehead atoms. The first-order chi connectivity index (χ1) is 5.81. The summed E-state index contributed by atoms with van der Waals surface area (Å²) in [6, 6.07) is 0. The molecule has 1 aliphatic heterocycles. The van der Waals surface area contributed by atoms with E-state index in [1.165, 1.54) is 38.6 Å². The van der Waals surface area contributed by atoms with Gasteiger partial charge in [0.25, 0.3) is 0 Å². The van der Waals surface area contributed by atoms with Gasteiger partial charge in [-0.25, -0.2) is 4.58 Å². The zero-order valence-corrected chi connectivity index (χ0v) is 10.5. The summed E-state index contributed by atoms with van der Waals surface area (Å²) >= 11 is 0. The van der Waals surface area contributed by atoms with E-state index in [2.05, 4.69) is 30.0 Å². The first-order valence-electron chi connectivity index (χ1n) is 5.02.